The number of methoxy groups -OCH3 is 2. The van der Waals surface area contributed by atoms with Crippen molar-refractivity contribution in [2.45, 2.75) is 6.54 Å². The largest absolute Gasteiger partial charge is 0.497 e. The van der Waals surface area contributed by atoms with E-state index in [1.54, 1.807) is 50.6 Å². The first kappa shape index (κ1) is 21.4. The number of aromatic nitrogens is 2. The highest BCUT2D eigenvalue weighted by Gasteiger charge is 2.19. The van der Waals surface area contributed by atoms with Crippen LogP contribution in [-0.4, -0.2) is 29.3 Å². The average Bonchev–Trinajstić information content (AvgIpc) is 3.25. The van der Waals surface area contributed by atoms with Crippen LogP contribution in [0.3, 0.4) is 0 Å². The van der Waals surface area contributed by atoms with Gasteiger partial charge in [0.1, 0.15) is 22.9 Å². The molecule has 0 radical (unpaired) electrons. The highest BCUT2D eigenvalue weighted by Crippen LogP contribution is 2.32. The summed E-state index contributed by atoms with van der Waals surface area (Å²) in [6.45, 7) is -0.233. The Bertz CT molecular complexity index is 1420. The quantitative estimate of drug-likeness (QED) is 0.487. The monoisotopic (exact) mass is 451 g/mol. The third-order valence-electron chi connectivity index (χ3n) is 5.11. The standard InChI is InChI=1S/C23H21N3O5S/c1-25-21(28)20-18(14-7-9-16(30-2)10-8-14)13-32-22(20)26(23(25)29)12-19(27)24-15-5-4-6-17(11-15)31-3/h4-11,13H,12H2,1-3H3,(H,24,27). The van der Waals surface area contributed by atoms with Gasteiger partial charge in [-0.2, -0.15) is 0 Å². The molecule has 4 rings (SSSR count). The third kappa shape index (κ3) is 3.90. The molecule has 0 aliphatic rings. The lowest BCUT2D eigenvalue weighted by molar-refractivity contribution is -0.116. The molecule has 1 N–H and O–H groups in total. The fraction of sp³-hybridized carbons (Fsp3) is 0.174. The molecule has 0 bridgehead atoms. The number of nitrogens with zero attached hydrogens (tertiary/aromatic N) is 2. The van der Waals surface area contributed by atoms with Crippen LogP contribution in [0.25, 0.3) is 21.3 Å². The van der Waals surface area contributed by atoms with Gasteiger partial charge in [0.2, 0.25) is 5.91 Å². The van der Waals surface area contributed by atoms with Gasteiger partial charge in [0.15, 0.2) is 0 Å². The summed E-state index contributed by atoms with van der Waals surface area (Å²) in [6, 6.07) is 14.3. The molecule has 2 aromatic carbocycles. The maximum absolute atomic E-state index is 12.9. The van der Waals surface area contributed by atoms with E-state index >= 15 is 0 Å². The van der Waals surface area contributed by atoms with Crippen molar-refractivity contribution < 1.29 is 14.3 Å². The molecule has 0 aliphatic heterocycles. The number of carbonyl (C=O) groups is 1. The molecule has 0 saturated carbocycles. The molecular weight excluding hydrogens is 430 g/mol. The summed E-state index contributed by atoms with van der Waals surface area (Å²) in [6.07, 6.45) is 0. The van der Waals surface area contributed by atoms with Gasteiger partial charge < -0.3 is 14.8 Å². The number of rotatable bonds is 6. The summed E-state index contributed by atoms with van der Waals surface area (Å²) >= 11 is 1.26. The molecule has 4 aromatic rings. The maximum atomic E-state index is 12.9. The van der Waals surface area contributed by atoms with Crippen molar-refractivity contribution in [3.63, 3.8) is 0 Å². The number of amides is 1. The molecule has 0 fully saturated rings. The predicted molar refractivity (Wildman–Crippen MR) is 125 cm³/mol. The number of carbonyl (C=O) groups excluding carboxylic acids is 1. The molecule has 0 spiro atoms. The molecule has 0 saturated heterocycles. The van der Waals surface area contributed by atoms with Crippen LogP contribution in [0.4, 0.5) is 5.69 Å². The molecule has 0 atom stereocenters. The third-order valence-corrected chi connectivity index (χ3v) is 6.11. The van der Waals surface area contributed by atoms with Gasteiger partial charge in [-0.1, -0.05) is 18.2 Å². The lowest BCUT2D eigenvalue weighted by atomic mass is 10.1. The number of benzene rings is 2. The van der Waals surface area contributed by atoms with Gasteiger partial charge in [-0.25, -0.2) is 4.79 Å². The minimum atomic E-state index is -0.550. The molecule has 0 unspecified atom stereocenters. The van der Waals surface area contributed by atoms with E-state index in [0.717, 1.165) is 10.1 Å². The Kier molecular flexibility index (Phi) is 5.83. The van der Waals surface area contributed by atoms with Crippen LogP contribution in [0.2, 0.25) is 0 Å². The fourth-order valence-electron chi connectivity index (χ4n) is 3.44. The van der Waals surface area contributed by atoms with Crippen LogP contribution < -0.4 is 26.0 Å². The van der Waals surface area contributed by atoms with E-state index in [4.69, 9.17) is 9.47 Å². The zero-order valence-corrected chi connectivity index (χ0v) is 18.6. The second-order valence-corrected chi connectivity index (χ2v) is 7.93. The first-order valence-corrected chi connectivity index (χ1v) is 10.6. The Morgan fingerprint density at radius 3 is 2.44 bits per heavy atom. The van der Waals surface area contributed by atoms with Crippen molar-refractivity contribution in [3.05, 3.63) is 74.7 Å². The van der Waals surface area contributed by atoms with Crippen molar-refractivity contribution >= 4 is 33.1 Å². The van der Waals surface area contributed by atoms with Gasteiger partial charge in [-0.3, -0.25) is 18.7 Å². The van der Waals surface area contributed by atoms with Crippen molar-refractivity contribution in [1.29, 1.82) is 0 Å². The highest BCUT2D eigenvalue weighted by molar-refractivity contribution is 7.17. The summed E-state index contributed by atoms with van der Waals surface area (Å²) in [5.41, 5.74) is 1.12. The lowest BCUT2D eigenvalue weighted by Crippen LogP contribution is -2.39. The Morgan fingerprint density at radius 1 is 1.03 bits per heavy atom. The van der Waals surface area contributed by atoms with Crippen LogP contribution in [0.15, 0.2) is 63.5 Å². The van der Waals surface area contributed by atoms with E-state index in [1.165, 1.54) is 23.0 Å². The SMILES string of the molecule is COc1ccc(-c2csc3c2c(=O)n(C)c(=O)n3CC(=O)Nc2cccc(OC)c2)cc1. The average molecular weight is 452 g/mol. The van der Waals surface area contributed by atoms with Crippen LogP contribution in [-0.2, 0) is 18.4 Å². The van der Waals surface area contributed by atoms with E-state index in [0.29, 0.717) is 33.0 Å². The van der Waals surface area contributed by atoms with Crippen LogP contribution in [0, 0.1) is 0 Å². The maximum Gasteiger partial charge on any atom is 0.332 e. The fourth-order valence-corrected chi connectivity index (χ4v) is 4.51. The van der Waals surface area contributed by atoms with Crippen molar-refractivity contribution in [2.24, 2.45) is 7.05 Å². The molecule has 2 heterocycles. The van der Waals surface area contributed by atoms with Crippen molar-refractivity contribution in [3.8, 4) is 22.6 Å². The second kappa shape index (κ2) is 8.72. The summed E-state index contributed by atoms with van der Waals surface area (Å²) in [5, 5.41) is 4.99. The van der Waals surface area contributed by atoms with Gasteiger partial charge in [0.25, 0.3) is 5.56 Å². The highest BCUT2D eigenvalue weighted by atomic mass is 32.1. The molecular formula is C23H21N3O5S. The van der Waals surface area contributed by atoms with E-state index in [-0.39, 0.29) is 12.5 Å². The number of ether oxygens (including phenoxy) is 2. The van der Waals surface area contributed by atoms with E-state index in [9.17, 15) is 14.4 Å². The Morgan fingerprint density at radius 2 is 1.75 bits per heavy atom. The normalized spacial score (nSPS) is 10.8. The summed E-state index contributed by atoms with van der Waals surface area (Å²) < 4.78 is 12.7. The number of thiophene rings is 1. The van der Waals surface area contributed by atoms with Crippen LogP contribution >= 0.6 is 11.3 Å². The first-order valence-electron chi connectivity index (χ1n) is 9.72. The topological polar surface area (TPSA) is 91.6 Å². The number of fused-ring (bicyclic) bond motifs is 1. The number of nitrogens with one attached hydrogen (secondary N) is 1. The number of anilines is 1. The van der Waals surface area contributed by atoms with Crippen molar-refractivity contribution in [2.75, 3.05) is 19.5 Å². The molecule has 8 nitrogen and oxygen atoms in total. The zero-order valence-electron chi connectivity index (χ0n) is 17.7. The first-order chi connectivity index (χ1) is 15.4. The van der Waals surface area contributed by atoms with Gasteiger partial charge in [-0.05, 0) is 29.8 Å². The Hall–Kier alpha value is -3.85. The van der Waals surface area contributed by atoms with Crippen LogP contribution in [0.5, 0.6) is 11.5 Å². The van der Waals surface area contributed by atoms with Gasteiger partial charge in [0, 0.05) is 29.7 Å². The lowest BCUT2D eigenvalue weighted by Gasteiger charge is -2.11. The predicted octanol–water partition coefficient (Wildman–Crippen LogP) is 3.08. The minimum Gasteiger partial charge on any atom is -0.497 e. The summed E-state index contributed by atoms with van der Waals surface area (Å²) in [4.78, 5) is 38.9. The molecule has 164 valence electrons. The molecule has 2 aromatic heterocycles. The summed E-state index contributed by atoms with van der Waals surface area (Å²) in [5.74, 6) is 0.916. The Labute approximate surface area is 187 Å². The van der Waals surface area contributed by atoms with Gasteiger partial charge in [0.05, 0.1) is 19.6 Å². The van der Waals surface area contributed by atoms with Gasteiger partial charge >= 0.3 is 5.69 Å². The molecule has 32 heavy (non-hydrogen) atoms. The molecule has 0 aliphatic carbocycles. The summed E-state index contributed by atoms with van der Waals surface area (Å²) in [7, 11) is 4.54. The molecule has 9 heteroatoms. The van der Waals surface area contributed by atoms with E-state index in [2.05, 4.69) is 5.32 Å². The number of hydrogen-bond donors (Lipinski definition) is 1. The Balaban J connectivity index is 1.74. The van der Waals surface area contributed by atoms with Crippen molar-refractivity contribution in [1.82, 2.24) is 9.13 Å². The van der Waals surface area contributed by atoms with Crippen LogP contribution in [0.1, 0.15) is 0 Å². The second-order valence-electron chi connectivity index (χ2n) is 7.07. The van der Waals surface area contributed by atoms with E-state index < -0.39 is 11.2 Å². The minimum absolute atomic E-state index is 0.233. The van der Waals surface area contributed by atoms with E-state index in [1.807, 2.05) is 17.5 Å². The smallest absolute Gasteiger partial charge is 0.332 e. The zero-order chi connectivity index (χ0) is 22.8. The van der Waals surface area contributed by atoms with Gasteiger partial charge in [-0.15, -0.1) is 11.3 Å². The number of hydrogen-bond acceptors (Lipinski definition) is 6. The molecule has 1 amide bonds.